The van der Waals surface area contributed by atoms with Gasteiger partial charge in [0.1, 0.15) is 6.10 Å². The van der Waals surface area contributed by atoms with Crippen LogP contribution in [0.3, 0.4) is 0 Å². The van der Waals surface area contributed by atoms with Crippen molar-refractivity contribution in [2.45, 2.75) is 57.2 Å². The van der Waals surface area contributed by atoms with Crippen molar-refractivity contribution in [1.82, 2.24) is 40.1 Å². The van der Waals surface area contributed by atoms with Gasteiger partial charge in [0.25, 0.3) is 0 Å². The molecule has 1 aliphatic carbocycles. The molecule has 1 saturated carbocycles. The van der Waals surface area contributed by atoms with Crippen molar-refractivity contribution in [3.63, 3.8) is 0 Å². The van der Waals surface area contributed by atoms with E-state index >= 15 is 0 Å². The van der Waals surface area contributed by atoms with Crippen LogP contribution in [-0.4, -0.2) is 79.6 Å². The van der Waals surface area contributed by atoms with E-state index in [4.69, 9.17) is 14.8 Å². The van der Waals surface area contributed by atoms with Gasteiger partial charge in [-0.2, -0.15) is 10.2 Å². The van der Waals surface area contributed by atoms with E-state index in [-0.39, 0.29) is 23.8 Å². The number of fused-ring (bicyclic) bond motifs is 1. The molecule has 11 heteroatoms. The normalized spacial score (nSPS) is 25.7. The molecule has 0 aromatic carbocycles. The Morgan fingerprint density at radius 1 is 1.08 bits per heavy atom. The third-order valence-electron chi connectivity index (χ3n) is 8.08. The Hall–Kier alpha value is -3.47. The molecule has 0 radical (unpaired) electrons. The van der Waals surface area contributed by atoms with Gasteiger partial charge in [0.15, 0.2) is 0 Å². The summed E-state index contributed by atoms with van der Waals surface area (Å²) in [5.41, 5.74) is 2.51. The Morgan fingerprint density at radius 2 is 1.89 bits per heavy atom. The van der Waals surface area contributed by atoms with Gasteiger partial charge >= 0.3 is 0 Å². The Morgan fingerprint density at radius 3 is 2.65 bits per heavy atom. The summed E-state index contributed by atoms with van der Waals surface area (Å²) < 4.78 is 10.2. The first-order valence-corrected chi connectivity index (χ1v) is 13.3. The lowest BCUT2D eigenvalue weighted by Crippen LogP contribution is -2.52. The average Bonchev–Trinajstić information content (AvgIpc) is 3.63. The van der Waals surface area contributed by atoms with E-state index < -0.39 is 0 Å². The predicted octanol–water partition coefficient (Wildman–Crippen LogP) is 1.65. The predicted molar refractivity (Wildman–Crippen MR) is 137 cm³/mol. The number of aryl methyl sites for hydroxylation is 1. The van der Waals surface area contributed by atoms with Gasteiger partial charge in [0.2, 0.25) is 17.7 Å². The fraction of sp³-hybridized carbons (Fsp3) is 0.577. The molecule has 0 bridgehead atoms. The maximum atomic E-state index is 11.8. The minimum absolute atomic E-state index is 0.0663. The molecule has 37 heavy (non-hydrogen) atoms. The molecule has 3 fully saturated rings. The number of nitrogens with one attached hydrogen (secondary N) is 2. The summed E-state index contributed by atoms with van der Waals surface area (Å²) >= 11 is 0. The molecule has 3 aromatic rings. The number of nitrogens with zero attached hydrogens (tertiary/aromatic N) is 6. The molecule has 5 heterocycles. The van der Waals surface area contributed by atoms with Gasteiger partial charge in [0, 0.05) is 63.0 Å². The number of carbonyl (C=O) groups excluding carboxylic acids is 2. The van der Waals surface area contributed by atoms with Gasteiger partial charge in [-0.3, -0.25) is 23.9 Å². The van der Waals surface area contributed by atoms with E-state index in [1.807, 2.05) is 32.4 Å². The number of pyridine rings is 1. The van der Waals surface area contributed by atoms with Crippen molar-refractivity contribution in [3.05, 3.63) is 24.7 Å². The summed E-state index contributed by atoms with van der Waals surface area (Å²) in [7, 11) is 1.89. The largest absolute Gasteiger partial charge is 0.474 e. The number of hydrogen-bond acceptors (Lipinski definition) is 7. The molecular weight excluding hydrogens is 472 g/mol. The second-order valence-electron chi connectivity index (χ2n) is 10.6. The van der Waals surface area contributed by atoms with Gasteiger partial charge < -0.3 is 15.4 Å². The van der Waals surface area contributed by atoms with E-state index in [9.17, 15) is 9.59 Å². The molecule has 11 nitrogen and oxygen atoms in total. The number of amides is 2. The summed E-state index contributed by atoms with van der Waals surface area (Å²) in [6, 6.07) is 2.79. The van der Waals surface area contributed by atoms with E-state index in [0.29, 0.717) is 37.5 Å². The van der Waals surface area contributed by atoms with Gasteiger partial charge in [0.05, 0.1) is 35.4 Å². The summed E-state index contributed by atoms with van der Waals surface area (Å²) in [5.74, 6) is 0.846. The quantitative estimate of drug-likeness (QED) is 0.522. The molecule has 2 aliphatic heterocycles. The van der Waals surface area contributed by atoms with E-state index in [0.717, 1.165) is 60.9 Å². The van der Waals surface area contributed by atoms with Crippen LogP contribution in [0.4, 0.5) is 0 Å². The van der Waals surface area contributed by atoms with E-state index in [1.165, 1.54) is 0 Å². The van der Waals surface area contributed by atoms with E-state index in [2.05, 4.69) is 31.5 Å². The van der Waals surface area contributed by atoms with Crippen LogP contribution in [0.25, 0.3) is 22.2 Å². The molecule has 196 valence electrons. The molecule has 3 aliphatic rings. The Labute approximate surface area is 215 Å². The average molecular weight is 507 g/mol. The van der Waals surface area contributed by atoms with Crippen LogP contribution < -0.4 is 15.4 Å². The van der Waals surface area contributed by atoms with Crippen LogP contribution in [0.15, 0.2) is 24.7 Å². The summed E-state index contributed by atoms with van der Waals surface area (Å²) in [6.45, 7) is 4.81. The summed E-state index contributed by atoms with van der Waals surface area (Å²) in [5, 5.41) is 16.0. The number of aromatic nitrogens is 5. The smallest absolute Gasteiger partial charge is 0.234 e. The number of rotatable bonds is 6. The van der Waals surface area contributed by atoms with Crippen LogP contribution in [0, 0.1) is 5.92 Å². The zero-order chi connectivity index (χ0) is 25.5. The molecule has 0 spiro atoms. The fourth-order valence-electron chi connectivity index (χ4n) is 5.91. The number of carbonyl (C=O) groups is 2. The maximum absolute atomic E-state index is 11.8. The molecule has 3 aromatic heterocycles. The number of piperazine rings is 1. The van der Waals surface area contributed by atoms with Crippen molar-refractivity contribution in [2.75, 3.05) is 26.2 Å². The lowest BCUT2D eigenvalue weighted by atomic mass is 9.90. The minimum Gasteiger partial charge on any atom is -0.474 e. The van der Waals surface area contributed by atoms with Crippen molar-refractivity contribution < 1.29 is 14.3 Å². The maximum Gasteiger partial charge on any atom is 0.234 e. The number of hydrogen-bond donors (Lipinski definition) is 2. The van der Waals surface area contributed by atoms with Crippen LogP contribution in [0.2, 0.25) is 0 Å². The highest BCUT2D eigenvalue weighted by Crippen LogP contribution is 2.34. The summed E-state index contributed by atoms with van der Waals surface area (Å²) in [4.78, 5) is 30.7. The fourth-order valence-corrected chi connectivity index (χ4v) is 5.91. The van der Waals surface area contributed by atoms with E-state index in [1.54, 1.807) is 4.68 Å². The highest BCUT2D eigenvalue weighted by atomic mass is 16.5. The highest BCUT2D eigenvalue weighted by Gasteiger charge is 2.31. The van der Waals surface area contributed by atoms with Crippen molar-refractivity contribution in [3.8, 4) is 17.1 Å². The van der Waals surface area contributed by atoms with Crippen LogP contribution >= 0.6 is 0 Å². The van der Waals surface area contributed by atoms with Crippen molar-refractivity contribution >= 4 is 22.7 Å². The molecular formula is C26H34N8O3. The van der Waals surface area contributed by atoms with Crippen LogP contribution in [-0.2, 0) is 16.6 Å². The zero-order valence-electron chi connectivity index (χ0n) is 21.4. The SMILES string of the molecule is C[C@@H](Oc1nc(-c2cnn(C3CCC(N4CCNC(=O)C4)CC3)c2)cc2nn(C)cc12)[C@H]1CNC(=O)C1. The van der Waals surface area contributed by atoms with Crippen molar-refractivity contribution in [2.24, 2.45) is 13.0 Å². The molecule has 2 N–H and O–H groups in total. The lowest BCUT2D eigenvalue weighted by molar-refractivity contribution is -0.125. The second kappa shape index (κ2) is 9.77. The Balaban J connectivity index is 1.18. The van der Waals surface area contributed by atoms with Crippen molar-refractivity contribution in [1.29, 1.82) is 0 Å². The number of ether oxygens (including phenoxy) is 1. The second-order valence-corrected chi connectivity index (χ2v) is 10.6. The molecule has 6 rings (SSSR count). The Kier molecular flexibility index (Phi) is 6.31. The first-order valence-electron chi connectivity index (χ1n) is 13.3. The van der Waals surface area contributed by atoms with Gasteiger partial charge in [-0.15, -0.1) is 0 Å². The Bertz CT molecular complexity index is 1310. The molecule has 2 amide bonds. The third kappa shape index (κ3) is 4.92. The monoisotopic (exact) mass is 506 g/mol. The third-order valence-corrected chi connectivity index (χ3v) is 8.08. The lowest BCUT2D eigenvalue weighted by Gasteiger charge is -2.38. The standard InChI is InChI=1S/C26H34N8O3/c1-16(17-9-24(35)28-11-17)37-26-21-14-32(2)31-23(21)10-22(30-26)18-12-29-34(13-18)20-5-3-19(4-6-20)33-8-7-27-25(36)15-33/h10,12-14,16-17,19-20H,3-9,11,15H2,1-2H3,(H,27,36)(H,28,35)/t16-,17-,19?,20?/m1/s1. The molecule has 2 saturated heterocycles. The molecule has 2 atom stereocenters. The summed E-state index contributed by atoms with van der Waals surface area (Å²) in [6.07, 6.45) is 10.4. The first-order chi connectivity index (χ1) is 17.9. The van der Waals surface area contributed by atoms with Gasteiger partial charge in [-0.25, -0.2) is 4.98 Å². The van der Waals surface area contributed by atoms with Gasteiger partial charge in [-0.05, 0) is 38.7 Å². The topological polar surface area (TPSA) is 119 Å². The first kappa shape index (κ1) is 23.9. The molecule has 0 unspecified atom stereocenters. The highest BCUT2D eigenvalue weighted by molar-refractivity contribution is 5.86. The van der Waals surface area contributed by atoms with Crippen LogP contribution in [0.5, 0.6) is 5.88 Å². The van der Waals surface area contributed by atoms with Crippen LogP contribution in [0.1, 0.15) is 45.1 Å². The minimum atomic E-state index is -0.158. The zero-order valence-corrected chi connectivity index (χ0v) is 21.4. The van der Waals surface area contributed by atoms with Gasteiger partial charge in [-0.1, -0.05) is 0 Å².